The predicted molar refractivity (Wildman–Crippen MR) is 120 cm³/mol. The molecule has 7 nitrogen and oxygen atoms in total. The second-order valence-electron chi connectivity index (χ2n) is 7.84. The highest BCUT2D eigenvalue weighted by Gasteiger charge is 2.32. The molecule has 1 fully saturated rings. The van der Waals surface area contributed by atoms with Crippen LogP contribution >= 0.6 is 11.3 Å². The third-order valence-corrected chi connectivity index (χ3v) is 6.49. The minimum atomic E-state index is -0.257. The fourth-order valence-electron chi connectivity index (χ4n) is 4.05. The van der Waals surface area contributed by atoms with E-state index in [1.807, 2.05) is 21.9 Å². The summed E-state index contributed by atoms with van der Waals surface area (Å²) in [5.74, 6) is -0.152. The summed E-state index contributed by atoms with van der Waals surface area (Å²) in [5.41, 5.74) is 2.28. The van der Waals surface area contributed by atoms with Crippen LogP contribution in [0.5, 0.6) is 0 Å². The van der Waals surface area contributed by atoms with E-state index in [2.05, 4.69) is 46.7 Å². The van der Waals surface area contributed by atoms with Gasteiger partial charge in [0.2, 0.25) is 11.8 Å². The zero-order valence-electron chi connectivity index (χ0n) is 17.7. The number of carbonyl (C=O) groups is 2. The van der Waals surface area contributed by atoms with Crippen LogP contribution in [-0.2, 0) is 22.6 Å². The molecule has 3 heterocycles. The van der Waals surface area contributed by atoms with Crippen LogP contribution in [0.4, 0.5) is 0 Å². The molecule has 0 saturated carbocycles. The first-order valence-electron chi connectivity index (χ1n) is 10.7. The van der Waals surface area contributed by atoms with Crippen molar-refractivity contribution >= 4 is 23.2 Å². The number of carbonyl (C=O) groups excluding carboxylic acids is 2. The first-order chi connectivity index (χ1) is 15.1. The fraction of sp³-hybridized carbons (Fsp3) is 0.391. The van der Waals surface area contributed by atoms with Crippen LogP contribution in [0.3, 0.4) is 0 Å². The van der Waals surface area contributed by atoms with Crippen LogP contribution in [0, 0.1) is 5.92 Å². The van der Waals surface area contributed by atoms with Gasteiger partial charge in [0.1, 0.15) is 19.2 Å². The Labute approximate surface area is 186 Å². The molecule has 162 valence electrons. The van der Waals surface area contributed by atoms with Gasteiger partial charge in [-0.3, -0.25) is 9.59 Å². The van der Waals surface area contributed by atoms with E-state index >= 15 is 0 Å². The summed E-state index contributed by atoms with van der Waals surface area (Å²) in [7, 11) is 0. The van der Waals surface area contributed by atoms with Gasteiger partial charge in [0, 0.05) is 31.1 Å². The Morgan fingerprint density at radius 2 is 2.13 bits per heavy atom. The van der Waals surface area contributed by atoms with Crippen molar-refractivity contribution in [3.05, 3.63) is 60.0 Å². The molecule has 0 N–H and O–H groups in total. The minimum Gasteiger partial charge on any atom is -0.341 e. The van der Waals surface area contributed by atoms with E-state index in [9.17, 15) is 9.59 Å². The summed E-state index contributed by atoms with van der Waals surface area (Å²) in [6, 6.07) is 12.5. The third-order valence-electron chi connectivity index (χ3n) is 5.57. The summed E-state index contributed by atoms with van der Waals surface area (Å²) >= 11 is 1.71. The van der Waals surface area contributed by atoms with Gasteiger partial charge in [0.05, 0.1) is 5.92 Å². The Hall–Kier alpha value is -3.00. The minimum absolute atomic E-state index is 0.0333. The maximum absolute atomic E-state index is 13.3. The highest BCUT2D eigenvalue weighted by molar-refractivity contribution is 7.13. The van der Waals surface area contributed by atoms with Gasteiger partial charge >= 0.3 is 0 Å². The maximum Gasteiger partial charge on any atom is 0.244 e. The molecule has 0 spiro atoms. The van der Waals surface area contributed by atoms with Crippen molar-refractivity contribution in [1.29, 1.82) is 0 Å². The lowest BCUT2D eigenvalue weighted by molar-refractivity contribution is -0.135. The number of nitrogens with zero attached hydrogens (tertiary/aromatic N) is 5. The van der Waals surface area contributed by atoms with Crippen molar-refractivity contribution in [3.8, 4) is 10.4 Å². The second-order valence-corrected chi connectivity index (χ2v) is 8.78. The van der Waals surface area contributed by atoms with Crippen molar-refractivity contribution in [1.82, 2.24) is 24.6 Å². The highest BCUT2D eigenvalue weighted by atomic mass is 32.1. The standard InChI is InChI=1S/C23H27N5O2S/c1-2-8-26-9-10-27(22(29)15-28-17-24-16-25-28)14-20(23(26)30)13-18-5-3-6-19(12-18)21-7-4-11-31-21/h3-7,11-12,16-17,20H,2,8-10,13-15H2,1H3/t20-/m1/s1. The van der Waals surface area contributed by atoms with Gasteiger partial charge in [0.25, 0.3) is 0 Å². The van der Waals surface area contributed by atoms with Gasteiger partial charge in [-0.2, -0.15) is 5.10 Å². The number of thiophene rings is 1. The van der Waals surface area contributed by atoms with Gasteiger partial charge in [-0.25, -0.2) is 9.67 Å². The molecule has 2 amide bonds. The van der Waals surface area contributed by atoms with Crippen molar-refractivity contribution in [2.24, 2.45) is 5.92 Å². The number of benzene rings is 1. The molecule has 0 radical (unpaired) electrons. The molecule has 31 heavy (non-hydrogen) atoms. The van der Waals surface area contributed by atoms with Crippen LogP contribution in [0.25, 0.3) is 10.4 Å². The van der Waals surface area contributed by atoms with Crippen LogP contribution < -0.4 is 0 Å². The van der Waals surface area contributed by atoms with Gasteiger partial charge in [0.15, 0.2) is 0 Å². The average molecular weight is 438 g/mol. The Morgan fingerprint density at radius 1 is 1.23 bits per heavy atom. The zero-order valence-corrected chi connectivity index (χ0v) is 18.5. The molecule has 2 aromatic heterocycles. The molecule has 1 aliphatic heterocycles. The van der Waals surface area contributed by atoms with E-state index in [4.69, 9.17) is 0 Å². The van der Waals surface area contributed by atoms with E-state index < -0.39 is 0 Å². The number of amides is 2. The summed E-state index contributed by atoms with van der Waals surface area (Å²) in [6.45, 7) is 4.48. The molecule has 0 bridgehead atoms. The van der Waals surface area contributed by atoms with Crippen molar-refractivity contribution < 1.29 is 9.59 Å². The molecule has 1 aromatic carbocycles. The molecule has 0 unspecified atom stereocenters. The van der Waals surface area contributed by atoms with Crippen LogP contribution in [0.1, 0.15) is 18.9 Å². The SMILES string of the molecule is CCCN1CCN(C(=O)Cn2cncn2)C[C@@H](Cc2cccc(-c3cccs3)c2)C1=O. The summed E-state index contributed by atoms with van der Waals surface area (Å²) in [5, 5.41) is 6.10. The second kappa shape index (κ2) is 9.87. The molecule has 1 aliphatic rings. The smallest absolute Gasteiger partial charge is 0.244 e. The van der Waals surface area contributed by atoms with E-state index in [-0.39, 0.29) is 24.3 Å². The highest BCUT2D eigenvalue weighted by Crippen LogP contribution is 2.27. The van der Waals surface area contributed by atoms with Crippen LogP contribution in [0.2, 0.25) is 0 Å². The maximum atomic E-state index is 13.3. The summed E-state index contributed by atoms with van der Waals surface area (Å²) in [4.78, 5) is 35.0. The number of aromatic nitrogens is 3. The summed E-state index contributed by atoms with van der Waals surface area (Å²) < 4.78 is 1.53. The molecule has 4 rings (SSSR count). The molecule has 0 aliphatic carbocycles. The predicted octanol–water partition coefficient (Wildman–Crippen LogP) is 2.95. The molecular weight excluding hydrogens is 410 g/mol. The molecule has 8 heteroatoms. The number of hydrogen-bond donors (Lipinski definition) is 0. The van der Waals surface area contributed by atoms with E-state index in [0.29, 0.717) is 26.1 Å². The van der Waals surface area contributed by atoms with Crippen molar-refractivity contribution in [2.45, 2.75) is 26.3 Å². The Bertz CT molecular complexity index is 1000. The van der Waals surface area contributed by atoms with E-state index in [1.165, 1.54) is 22.2 Å². The van der Waals surface area contributed by atoms with Gasteiger partial charge in [-0.1, -0.05) is 37.3 Å². The molecular formula is C23H27N5O2S. The van der Waals surface area contributed by atoms with Crippen molar-refractivity contribution in [2.75, 3.05) is 26.2 Å². The van der Waals surface area contributed by atoms with Crippen LogP contribution in [-0.4, -0.2) is 62.6 Å². The quantitative estimate of drug-likeness (QED) is 0.570. The Balaban J connectivity index is 1.53. The van der Waals surface area contributed by atoms with Crippen LogP contribution in [0.15, 0.2) is 54.4 Å². The third kappa shape index (κ3) is 5.19. The Kier molecular flexibility index (Phi) is 6.76. The lowest BCUT2D eigenvalue weighted by Gasteiger charge is -2.24. The van der Waals surface area contributed by atoms with Gasteiger partial charge in [-0.15, -0.1) is 11.3 Å². The lowest BCUT2D eigenvalue weighted by Crippen LogP contribution is -2.39. The zero-order chi connectivity index (χ0) is 21.6. The topological polar surface area (TPSA) is 71.3 Å². The monoisotopic (exact) mass is 437 g/mol. The van der Waals surface area contributed by atoms with Gasteiger partial charge in [-0.05, 0) is 35.4 Å². The van der Waals surface area contributed by atoms with Gasteiger partial charge < -0.3 is 9.80 Å². The normalized spacial score (nSPS) is 17.1. The summed E-state index contributed by atoms with van der Waals surface area (Å²) in [6.07, 6.45) is 4.48. The lowest BCUT2D eigenvalue weighted by atomic mass is 9.96. The molecule has 1 atom stereocenters. The first-order valence-corrected chi connectivity index (χ1v) is 11.5. The largest absolute Gasteiger partial charge is 0.341 e. The van der Waals surface area contributed by atoms with E-state index in [0.717, 1.165) is 24.1 Å². The number of rotatable bonds is 7. The fourth-order valence-corrected chi connectivity index (χ4v) is 4.77. The number of hydrogen-bond acceptors (Lipinski definition) is 5. The van der Waals surface area contributed by atoms with Crippen molar-refractivity contribution in [3.63, 3.8) is 0 Å². The van der Waals surface area contributed by atoms with E-state index in [1.54, 1.807) is 11.3 Å². The average Bonchev–Trinajstić information content (AvgIpc) is 3.46. The molecule has 1 saturated heterocycles. The first kappa shape index (κ1) is 21.2. The Morgan fingerprint density at radius 3 is 2.87 bits per heavy atom. The molecule has 3 aromatic rings.